The van der Waals surface area contributed by atoms with Crippen LogP contribution in [0.25, 0.3) is 0 Å². The normalized spacial score (nSPS) is 24.9. The van der Waals surface area contributed by atoms with Gasteiger partial charge in [0.25, 0.3) is 5.36 Å². The quantitative estimate of drug-likeness (QED) is 0.774. The molecule has 3 heteroatoms. The Morgan fingerprint density at radius 2 is 0.952 bits per heavy atom. The molecule has 1 aromatic carbocycles. The highest BCUT2D eigenvalue weighted by Crippen LogP contribution is 2.36. The van der Waals surface area contributed by atoms with E-state index in [1.165, 1.54) is 97.1 Å². The van der Waals surface area contributed by atoms with Crippen LogP contribution in [-0.4, -0.2) is 39.3 Å². The molecular formula is C18H30N3+. The zero-order valence-corrected chi connectivity index (χ0v) is 13.4. The van der Waals surface area contributed by atoms with Crippen LogP contribution in [0.3, 0.4) is 0 Å². The lowest BCUT2D eigenvalue weighted by molar-refractivity contribution is 0.454. The van der Waals surface area contributed by atoms with Gasteiger partial charge in [-0.1, -0.05) is 0 Å². The lowest BCUT2D eigenvalue weighted by Gasteiger charge is -2.28. The molecule has 4 rings (SSSR count). The van der Waals surface area contributed by atoms with Crippen molar-refractivity contribution in [2.24, 2.45) is 0 Å². The number of anilines is 2. The Hall–Kier alpha value is -0.990. The molecule has 0 bridgehead atoms. The molecule has 21 heavy (non-hydrogen) atoms. The summed E-state index contributed by atoms with van der Waals surface area (Å²) in [7, 11) is 0. The van der Waals surface area contributed by atoms with E-state index in [0.29, 0.717) is 0 Å². The third kappa shape index (κ3) is 2.72. The van der Waals surface area contributed by atoms with Crippen molar-refractivity contribution in [3.63, 3.8) is 0 Å². The number of nitrogens with zero attached hydrogens (tertiary/aromatic N) is 3. The van der Waals surface area contributed by atoms with Crippen LogP contribution in [0.2, 0.25) is 0 Å². The van der Waals surface area contributed by atoms with E-state index in [1.54, 1.807) is 16.7 Å². The molecule has 0 radical (unpaired) electrons. The molecule has 0 unspecified atom stereocenters. The highest BCUT2D eigenvalue weighted by molar-refractivity contribution is 5.85. The van der Waals surface area contributed by atoms with Gasteiger partial charge in [0.2, 0.25) is 0 Å². The average molecular weight is 288 g/mol. The fraction of sp³-hybridized carbons (Fsp3) is 0.833. The summed E-state index contributed by atoms with van der Waals surface area (Å²) in [4.78, 5) is 5.41. The largest absolute Gasteiger partial charge is 0.364 e. The molecule has 3 heterocycles. The maximum Gasteiger partial charge on any atom is 0.252 e. The van der Waals surface area contributed by atoms with Crippen LogP contribution in [0.5, 0.6) is 0 Å². The number of hydrogen-bond acceptors (Lipinski definition) is 2. The molecule has 116 valence electrons. The molecule has 0 atom stereocenters. The molecule has 0 aliphatic carbocycles. The summed E-state index contributed by atoms with van der Waals surface area (Å²) in [6, 6.07) is 0. The predicted octanol–water partition coefficient (Wildman–Crippen LogP) is 2.50. The van der Waals surface area contributed by atoms with Gasteiger partial charge < -0.3 is 9.80 Å². The summed E-state index contributed by atoms with van der Waals surface area (Å²) in [5.74, 6) is 0. The smallest absolute Gasteiger partial charge is 0.252 e. The van der Waals surface area contributed by atoms with E-state index in [4.69, 9.17) is 0 Å². The summed E-state index contributed by atoms with van der Waals surface area (Å²) in [5, 5.41) is 1.65. The minimum atomic E-state index is 1.30. The lowest BCUT2D eigenvalue weighted by Crippen LogP contribution is -2.35. The van der Waals surface area contributed by atoms with Gasteiger partial charge in [-0.2, -0.15) is 0 Å². The van der Waals surface area contributed by atoms with Crippen molar-refractivity contribution in [1.82, 2.24) is 4.58 Å². The molecular weight excluding hydrogens is 258 g/mol. The number of rotatable bonds is 2. The predicted molar refractivity (Wildman–Crippen MR) is 89.8 cm³/mol. The first-order valence-corrected chi connectivity index (χ1v) is 9.32. The zero-order valence-electron chi connectivity index (χ0n) is 13.4. The fourth-order valence-electron chi connectivity index (χ4n) is 4.41. The summed E-state index contributed by atoms with van der Waals surface area (Å²) in [6.45, 7) is 7.77. The third-order valence-electron chi connectivity index (χ3n) is 5.63. The van der Waals surface area contributed by atoms with Crippen molar-refractivity contribution in [2.75, 3.05) is 49.1 Å². The van der Waals surface area contributed by atoms with Crippen molar-refractivity contribution >= 4 is 11.4 Å². The minimum Gasteiger partial charge on any atom is -0.364 e. The van der Waals surface area contributed by atoms with Gasteiger partial charge in [-0.05, 0) is 44.9 Å². The van der Waals surface area contributed by atoms with Gasteiger partial charge >= 0.3 is 0 Å². The summed E-state index contributed by atoms with van der Waals surface area (Å²) < 4.78 is 2.71. The Morgan fingerprint density at radius 3 is 1.43 bits per heavy atom. The van der Waals surface area contributed by atoms with Gasteiger partial charge in [0.1, 0.15) is 24.5 Å². The molecule has 3 fully saturated rings. The van der Waals surface area contributed by atoms with Crippen molar-refractivity contribution in [1.29, 1.82) is 0 Å². The van der Waals surface area contributed by atoms with Gasteiger partial charge in [0.15, 0.2) is 0 Å². The van der Waals surface area contributed by atoms with Crippen LogP contribution in [0.1, 0.15) is 57.8 Å². The van der Waals surface area contributed by atoms with Crippen molar-refractivity contribution < 1.29 is 0 Å². The molecule has 3 aliphatic heterocycles. The van der Waals surface area contributed by atoms with E-state index in [9.17, 15) is 0 Å². The highest BCUT2D eigenvalue weighted by Gasteiger charge is 2.38. The van der Waals surface area contributed by atoms with E-state index in [0.717, 1.165) is 0 Å². The first-order valence-electron chi connectivity index (χ1n) is 9.32. The summed E-state index contributed by atoms with van der Waals surface area (Å²) in [5.41, 5.74) is 3.30. The second kappa shape index (κ2) is 6.02. The summed E-state index contributed by atoms with van der Waals surface area (Å²) in [6.07, 6.45) is 12.7. The van der Waals surface area contributed by atoms with Crippen LogP contribution in [0.4, 0.5) is 11.4 Å². The van der Waals surface area contributed by atoms with E-state index in [2.05, 4.69) is 14.4 Å². The van der Waals surface area contributed by atoms with Crippen molar-refractivity contribution in [3.8, 4) is 0 Å². The topological polar surface area (TPSA) is 9.49 Å². The number of piperidine rings is 3. The first kappa shape index (κ1) is 13.7. The standard InChI is InChI=1S/C18H30N3/c1-4-10-19(11-5-1)16-17(20-12-6-2-7-13-20)18(16)21-14-8-3-9-15-21/h1-15H2/q+1. The Morgan fingerprint density at radius 1 is 0.524 bits per heavy atom. The van der Waals surface area contributed by atoms with E-state index < -0.39 is 0 Å². The van der Waals surface area contributed by atoms with Gasteiger partial charge in [0.05, 0.1) is 0 Å². The molecule has 3 saturated heterocycles. The molecule has 0 N–H and O–H groups in total. The SMILES string of the molecule is C1CCN(c2c(N3CCCCC3)c2=[N+]2CCCCC2)CC1. The Balaban J connectivity index is 1.64. The van der Waals surface area contributed by atoms with E-state index in [1.807, 2.05) is 0 Å². The molecule has 3 aliphatic rings. The van der Waals surface area contributed by atoms with E-state index in [-0.39, 0.29) is 0 Å². The van der Waals surface area contributed by atoms with Crippen LogP contribution in [0, 0.1) is 0 Å². The van der Waals surface area contributed by atoms with Crippen LogP contribution in [-0.2, 0) is 0 Å². The Labute approximate surface area is 128 Å². The second-order valence-corrected chi connectivity index (χ2v) is 7.19. The summed E-state index contributed by atoms with van der Waals surface area (Å²) >= 11 is 0. The second-order valence-electron chi connectivity index (χ2n) is 7.19. The van der Waals surface area contributed by atoms with Crippen LogP contribution in [0.15, 0.2) is 0 Å². The molecule has 1 aromatic rings. The average Bonchev–Trinajstić information content (AvgIpc) is 3.33. The molecule has 3 nitrogen and oxygen atoms in total. The lowest BCUT2D eigenvalue weighted by atomic mass is 10.1. The van der Waals surface area contributed by atoms with Crippen LogP contribution < -0.4 is 19.7 Å². The Kier molecular flexibility index (Phi) is 3.91. The van der Waals surface area contributed by atoms with Gasteiger partial charge in [-0.3, -0.25) is 0 Å². The van der Waals surface area contributed by atoms with Crippen LogP contribution >= 0.6 is 0 Å². The van der Waals surface area contributed by atoms with Gasteiger partial charge in [-0.25, -0.2) is 4.58 Å². The maximum atomic E-state index is 2.71. The highest BCUT2D eigenvalue weighted by atomic mass is 15.3. The zero-order chi connectivity index (χ0) is 14.1. The number of hydrogen-bond donors (Lipinski definition) is 0. The minimum absolute atomic E-state index is 1.30. The molecule has 0 saturated carbocycles. The Bertz CT molecular complexity index is 456. The first-order chi connectivity index (χ1) is 10.4. The maximum absolute atomic E-state index is 2.71. The molecule has 0 spiro atoms. The van der Waals surface area contributed by atoms with Crippen molar-refractivity contribution in [3.05, 3.63) is 5.36 Å². The van der Waals surface area contributed by atoms with E-state index >= 15 is 0 Å². The fourth-order valence-corrected chi connectivity index (χ4v) is 4.41. The monoisotopic (exact) mass is 288 g/mol. The third-order valence-corrected chi connectivity index (χ3v) is 5.63. The van der Waals surface area contributed by atoms with Gasteiger partial charge in [0, 0.05) is 39.0 Å². The van der Waals surface area contributed by atoms with Crippen molar-refractivity contribution in [2.45, 2.75) is 57.8 Å². The van der Waals surface area contributed by atoms with Gasteiger partial charge in [-0.15, -0.1) is 0 Å². The molecule has 0 aromatic heterocycles. The molecule has 0 amide bonds.